The number of likely N-dealkylation sites (tertiary alicyclic amines) is 1. The summed E-state index contributed by atoms with van der Waals surface area (Å²) in [6, 6.07) is 4.64. The van der Waals surface area contributed by atoms with Gasteiger partial charge in [0.15, 0.2) is 0 Å². The van der Waals surface area contributed by atoms with Gasteiger partial charge in [-0.25, -0.2) is 9.59 Å². The molecule has 2 aliphatic rings. The summed E-state index contributed by atoms with van der Waals surface area (Å²) in [5.41, 5.74) is 0.590. The van der Waals surface area contributed by atoms with Gasteiger partial charge in [-0.2, -0.15) is 0 Å². The van der Waals surface area contributed by atoms with Crippen LogP contribution in [0, 0.1) is 11.8 Å². The normalized spacial score (nSPS) is 20.9. The van der Waals surface area contributed by atoms with Crippen LogP contribution in [0.1, 0.15) is 52.4 Å². The van der Waals surface area contributed by atoms with Gasteiger partial charge in [0.1, 0.15) is 18.1 Å². The van der Waals surface area contributed by atoms with E-state index in [4.69, 9.17) is 9.47 Å². The van der Waals surface area contributed by atoms with Crippen LogP contribution in [-0.2, 0) is 14.3 Å². The lowest BCUT2D eigenvalue weighted by Crippen LogP contribution is -2.54. The molecule has 1 heterocycles. The van der Waals surface area contributed by atoms with E-state index in [9.17, 15) is 19.2 Å². The summed E-state index contributed by atoms with van der Waals surface area (Å²) < 4.78 is 10.4. The van der Waals surface area contributed by atoms with E-state index < -0.39 is 30.2 Å². The van der Waals surface area contributed by atoms with Crippen LogP contribution in [0.3, 0.4) is 0 Å². The highest BCUT2D eigenvalue weighted by molar-refractivity contribution is 5.91. The number of amides is 4. The Morgan fingerprint density at radius 3 is 2.42 bits per heavy atom. The maximum Gasteiger partial charge on any atom is 0.407 e. The molecule has 3 N–H and O–H groups in total. The third kappa shape index (κ3) is 7.60. The minimum absolute atomic E-state index is 0.0180. The predicted molar refractivity (Wildman–Crippen MR) is 135 cm³/mol. The maximum atomic E-state index is 13.6. The smallest absolute Gasteiger partial charge is 0.407 e. The van der Waals surface area contributed by atoms with Crippen LogP contribution in [-0.4, -0.2) is 67.6 Å². The lowest BCUT2D eigenvalue weighted by molar-refractivity contribution is -0.138. The van der Waals surface area contributed by atoms with Gasteiger partial charge in [0.2, 0.25) is 5.91 Å². The van der Waals surface area contributed by atoms with Crippen LogP contribution in [0.5, 0.6) is 5.75 Å². The number of methoxy groups -OCH3 is 1. The Hall–Kier alpha value is -3.30. The number of nitrogens with one attached hydrogen (secondary N) is 3. The zero-order valence-electron chi connectivity index (χ0n) is 21.3. The van der Waals surface area contributed by atoms with Crippen LogP contribution < -0.4 is 20.7 Å². The second-order valence-electron chi connectivity index (χ2n) is 9.97. The van der Waals surface area contributed by atoms with E-state index >= 15 is 0 Å². The molecule has 198 valence electrons. The first-order valence-corrected chi connectivity index (χ1v) is 12.7. The highest BCUT2D eigenvalue weighted by Crippen LogP contribution is 2.29. The van der Waals surface area contributed by atoms with E-state index in [1.165, 1.54) is 4.90 Å². The fourth-order valence-electron chi connectivity index (χ4n) is 4.82. The molecule has 3 rings (SSSR count). The quantitative estimate of drug-likeness (QED) is 0.445. The topological polar surface area (TPSA) is 126 Å². The second-order valence-corrected chi connectivity index (χ2v) is 9.97. The molecule has 1 saturated heterocycles. The first kappa shape index (κ1) is 27.3. The molecule has 0 bridgehead atoms. The van der Waals surface area contributed by atoms with Gasteiger partial charge >= 0.3 is 12.1 Å². The fraction of sp³-hybridized carbons (Fsp3) is 0.615. The lowest BCUT2D eigenvalue weighted by Gasteiger charge is -2.33. The Kier molecular flexibility index (Phi) is 9.95. The molecular weight excluding hydrogens is 464 g/mol. The number of anilines is 1. The van der Waals surface area contributed by atoms with Crippen LogP contribution in [0.2, 0.25) is 0 Å². The third-order valence-electron chi connectivity index (χ3n) is 6.68. The summed E-state index contributed by atoms with van der Waals surface area (Å²) in [5.74, 6) is 0.526. The number of alkyl carbamates (subject to hydrolysis) is 1. The fourth-order valence-corrected chi connectivity index (χ4v) is 4.82. The number of ether oxygens (including phenoxy) is 2. The average molecular weight is 503 g/mol. The Bertz CT molecular complexity index is 900. The van der Waals surface area contributed by atoms with E-state index in [2.05, 4.69) is 16.0 Å². The number of rotatable bonds is 9. The zero-order valence-corrected chi connectivity index (χ0v) is 21.3. The highest BCUT2D eigenvalue weighted by atomic mass is 16.5. The number of aldehydes is 1. The Morgan fingerprint density at radius 1 is 1.11 bits per heavy atom. The molecule has 3 atom stereocenters. The molecule has 10 nitrogen and oxygen atoms in total. The van der Waals surface area contributed by atoms with Gasteiger partial charge in [-0.1, -0.05) is 33.1 Å². The predicted octanol–water partition coefficient (Wildman–Crippen LogP) is 3.32. The number of urea groups is 1. The molecule has 10 heteroatoms. The Balaban J connectivity index is 1.64. The molecule has 0 spiro atoms. The number of nitrogens with zero attached hydrogens (tertiary/aromatic N) is 1. The van der Waals surface area contributed by atoms with Crippen molar-refractivity contribution in [1.82, 2.24) is 15.5 Å². The van der Waals surface area contributed by atoms with Gasteiger partial charge in [0.25, 0.3) is 0 Å². The maximum absolute atomic E-state index is 13.6. The van der Waals surface area contributed by atoms with E-state index in [0.29, 0.717) is 17.9 Å². The zero-order chi connectivity index (χ0) is 26.1. The summed E-state index contributed by atoms with van der Waals surface area (Å²) in [6.07, 6.45) is 5.15. The first-order chi connectivity index (χ1) is 17.3. The summed E-state index contributed by atoms with van der Waals surface area (Å²) in [5, 5.41) is 8.38. The number of carbonyl (C=O) groups is 4. The van der Waals surface area contributed by atoms with E-state index in [0.717, 1.165) is 38.4 Å². The van der Waals surface area contributed by atoms with Crippen molar-refractivity contribution in [3.8, 4) is 5.75 Å². The number of carbonyl (C=O) groups excluding carboxylic acids is 4. The van der Waals surface area contributed by atoms with Crippen LogP contribution in [0.4, 0.5) is 15.3 Å². The number of benzene rings is 1. The summed E-state index contributed by atoms with van der Waals surface area (Å²) >= 11 is 0. The average Bonchev–Trinajstić information content (AvgIpc) is 3.29. The van der Waals surface area contributed by atoms with Crippen molar-refractivity contribution in [2.24, 2.45) is 11.8 Å². The van der Waals surface area contributed by atoms with Gasteiger partial charge in [-0.15, -0.1) is 0 Å². The molecule has 0 aromatic heterocycles. The number of hydrogen-bond acceptors (Lipinski definition) is 6. The minimum Gasteiger partial charge on any atom is -0.497 e. The number of hydrogen-bond donors (Lipinski definition) is 3. The van der Waals surface area contributed by atoms with Gasteiger partial charge in [-0.05, 0) is 55.4 Å². The van der Waals surface area contributed by atoms with Gasteiger partial charge in [0, 0.05) is 12.2 Å². The third-order valence-corrected chi connectivity index (χ3v) is 6.68. The van der Waals surface area contributed by atoms with Crippen LogP contribution >= 0.6 is 0 Å². The van der Waals surface area contributed by atoms with Crippen LogP contribution in [0.25, 0.3) is 0 Å². The molecule has 1 aliphatic carbocycles. The minimum atomic E-state index is -0.765. The Morgan fingerprint density at radius 2 is 1.81 bits per heavy atom. The van der Waals surface area contributed by atoms with Crippen molar-refractivity contribution in [2.45, 2.75) is 70.5 Å². The second kappa shape index (κ2) is 13.1. The van der Waals surface area contributed by atoms with Crippen molar-refractivity contribution in [2.75, 3.05) is 25.6 Å². The summed E-state index contributed by atoms with van der Waals surface area (Å²) in [4.78, 5) is 51.9. The molecule has 1 aromatic carbocycles. The molecule has 1 saturated carbocycles. The van der Waals surface area contributed by atoms with Gasteiger partial charge in [-0.3, -0.25) is 4.79 Å². The van der Waals surface area contributed by atoms with E-state index in [1.807, 2.05) is 13.8 Å². The Labute approximate surface area is 212 Å². The molecule has 0 unspecified atom stereocenters. The van der Waals surface area contributed by atoms with Gasteiger partial charge in [0.05, 0.1) is 25.8 Å². The monoisotopic (exact) mass is 502 g/mol. The summed E-state index contributed by atoms with van der Waals surface area (Å²) in [6.45, 7) is 4.32. The summed E-state index contributed by atoms with van der Waals surface area (Å²) in [7, 11) is 1.56. The van der Waals surface area contributed by atoms with Crippen molar-refractivity contribution in [3.63, 3.8) is 0 Å². The van der Waals surface area contributed by atoms with Crippen molar-refractivity contribution < 1.29 is 28.7 Å². The van der Waals surface area contributed by atoms with E-state index in [1.54, 1.807) is 31.4 Å². The standard InChI is InChI=1S/C26H38N4O6/c1-17(2)16-36-26(34)29-23(18-7-5-4-6-8-18)24(32)30-14-20(13-21(30)15-31)28-25(33)27-19-9-11-22(35-3)12-10-19/h9-12,15,17-18,20-21,23H,4-8,13-14,16H2,1-3H3,(H,29,34)(H2,27,28,33)/t20-,21+,23+/m1/s1. The lowest BCUT2D eigenvalue weighted by atomic mass is 9.83. The van der Waals surface area contributed by atoms with Crippen molar-refractivity contribution >= 4 is 30.0 Å². The largest absolute Gasteiger partial charge is 0.497 e. The molecule has 2 fully saturated rings. The molecule has 0 radical (unpaired) electrons. The first-order valence-electron chi connectivity index (χ1n) is 12.7. The SMILES string of the molecule is COc1ccc(NC(=O)N[C@@H]2C[C@@H](C=O)N(C(=O)[C@@H](NC(=O)OCC(C)C)C3CCCCC3)C2)cc1. The highest BCUT2D eigenvalue weighted by Gasteiger charge is 2.41. The molecule has 1 aliphatic heterocycles. The van der Waals surface area contributed by atoms with Crippen molar-refractivity contribution in [1.29, 1.82) is 0 Å². The molecule has 36 heavy (non-hydrogen) atoms. The molecule has 1 aromatic rings. The molecule has 4 amide bonds. The van der Waals surface area contributed by atoms with Crippen molar-refractivity contribution in [3.05, 3.63) is 24.3 Å². The van der Waals surface area contributed by atoms with E-state index in [-0.39, 0.29) is 30.9 Å². The van der Waals surface area contributed by atoms with Gasteiger partial charge < -0.3 is 35.1 Å². The molecular formula is C26H38N4O6. The van der Waals surface area contributed by atoms with Crippen LogP contribution in [0.15, 0.2) is 24.3 Å².